The SMILES string of the molecule is CCN(CC)c1cc2[nH]c(=O)oc2cc1N. The molecule has 0 amide bonds. The normalized spacial score (nSPS) is 10.9. The summed E-state index contributed by atoms with van der Waals surface area (Å²) in [6.45, 7) is 5.86. The van der Waals surface area contributed by atoms with Crippen LogP contribution in [0.3, 0.4) is 0 Å². The average molecular weight is 221 g/mol. The number of benzene rings is 1. The molecule has 0 saturated heterocycles. The molecule has 1 aromatic heterocycles. The zero-order valence-corrected chi connectivity index (χ0v) is 9.41. The van der Waals surface area contributed by atoms with Crippen LogP contribution in [0.25, 0.3) is 11.1 Å². The van der Waals surface area contributed by atoms with E-state index < -0.39 is 5.76 Å². The van der Waals surface area contributed by atoms with Crippen LogP contribution in [0, 0.1) is 0 Å². The predicted molar refractivity (Wildman–Crippen MR) is 64.8 cm³/mol. The number of anilines is 2. The van der Waals surface area contributed by atoms with Crippen LogP contribution in [-0.2, 0) is 0 Å². The van der Waals surface area contributed by atoms with Gasteiger partial charge < -0.3 is 15.1 Å². The number of H-pyrrole nitrogens is 1. The minimum absolute atomic E-state index is 0.453. The lowest BCUT2D eigenvalue weighted by Crippen LogP contribution is -2.22. The minimum Gasteiger partial charge on any atom is -0.408 e. The van der Waals surface area contributed by atoms with Crippen molar-refractivity contribution < 1.29 is 4.42 Å². The average Bonchev–Trinajstić information content (AvgIpc) is 2.59. The maximum Gasteiger partial charge on any atom is 0.417 e. The van der Waals surface area contributed by atoms with Crippen LogP contribution in [0.15, 0.2) is 21.3 Å². The lowest BCUT2D eigenvalue weighted by molar-refractivity contribution is 0.555. The van der Waals surface area contributed by atoms with Crippen molar-refractivity contribution in [2.75, 3.05) is 23.7 Å². The number of aromatic amines is 1. The number of nitrogens with zero attached hydrogens (tertiary/aromatic N) is 1. The molecule has 0 atom stereocenters. The predicted octanol–water partition coefficient (Wildman–Crippen LogP) is 1.55. The number of hydrogen-bond donors (Lipinski definition) is 2. The third-order valence-electron chi connectivity index (χ3n) is 2.67. The Morgan fingerprint density at radius 2 is 2.06 bits per heavy atom. The Kier molecular flexibility index (Phi) is 2.60. The first-order valence-electron chi connectivity index (χ1n) is 5.33. The lowest BCUT2D eigenvalue weighted by atomic mass is 10.2. The van der Waals surface area contributed by atoms with E-state index in [9.17, 15) is 4.79 Å². The number of aromatic nitrogens is 1. The van der Waals surface area contributed by atoms with Crippen molar-refractivity contribution in [1.29, 1.82) is 0 Å². The van der Waals surface area contributed by atoms with Gasteiger partial charge in [-0.1, -0.05) is 0 Å². The fraction of sp³-hybridized carbons (Fsp3) is 0.364. The summed E-state index contributed by atoms with van der Waals surface area (Å²) in [5, 5.41) is 0. The monoisotopic (exact) mass is 221 g/mol. The molecule has 5 heteroatoms. The Morgan fingerprint density at radius 1 is 1.38 bits per heavy atom. The van der Waals surface area contributed by atoms with Crippen molar-refractivity contribution in [3.63, 3.8) is 0 Å². The summed E-state index contributed by atoms with van der Waals surface area (Å²) < 4.78 is 4.94. The van der Waals surface area contributed by atoms with Crippen molar-refractivity contribution in [2.24, 2.45) is 0 Å². The van der Waals surface area contributed by atoms with Gasteiger partial charge in [0, 0.05) is 19.2 Å². The molecule has 2 aromatic rings. The van der Waals surface area contributed by atoms with Crippen molar-refractivity contribution in [2.45, 2.75) is 13.8 Å². The van der Waals surface area contributed by atoms with Gasteiger partial charge in [-0.05, 0) is 19.9 Å². The van der Waals surface area contributed by atoms with E-state index >= 15 is 0 Å². The number of fused-ring (bicyclic) bond motifs is 1. The topological polar surface area (TPSA) is 75.3 Å². The number of nitrogens with one attached hydrogen (secondary N) is 1. The van der Waals surface area contributed by atoms with Crippen molar-refractivity contribution in [3.05, 3.63) is 22.7 Å². The Hall–Kier alpha value is -1.91. The number of nitrogen functional groups attached to an aromatic ring is 1. The molecule has 0 unspecified atom stereocenters. The van der Waals surface area contributed by atoms with E-state index in [0.717, 1.165) is 18.8 Å². The van der Waals surface area contributed by atoms with Crippen LogP contribution in [-0.4, -0.2) is 18.1 Å². The van der Waals surface area contributed by atoms with E-state index in [4.69, 9.17) is 10.2 Å². The van der Waals surface area contributed by atoms with E-state index in [0.29, 0.717) is 16.8 Å². The van der Waals surface area contributed by atoms with E-state index in [1.165, 1.54) is 0 Å². The number of hydrogen-bond acceptors (Lipinski definition) is 4. The summed E-state index contributed by atoms with van der Waals surface area (Å²) in [5.41, 5.74) is 8.66. The standard InChI is InChI=1S/C11H15N3O2/c1-3-14(4-2)9-6-8-10(5-7(9)12)16-11(15)13-8/h5-6H,3-4,12H2,1-2H3,(H,13,15). The second-order valence-electron chi connectivity index (χ2n) is 3.59. The zero-order valence-electron chi connectivity index (χ0n) is 9.41. The molecule has 1 heterocycles. The molecular weight excluding hydrogens is 206 g/mol. The summed E-state index contributed by atoms with van der Waals surface area (Å²) in [7, 11) is 0. The van der Waals surface area contributed by atoms with Gasteiger partial charge in [-0.15, -0.1) is 0 Å². The Labute approximate surface area is 92.8 Å². The quantitative estimate of drug-likeness (QED) is 0.771. The Morgan fingerprint density at radius 3 is 2.69 bits per heavy atom. The first-order valence-corrected chi connectivity index (χ1v) is 5.33. The molecule has 0 aliphatic rings. The fourth-order valence-electron chi connectivity index (χ4n) is 1.84. The molecule has 0 fully saturated rings. The summed E-state index contributed by atoms with van der Waals surface area (Å²) in [6.07, 6.45) is 0. The molecule has 16 heavy (non-hydrogen) atoms. The van der Waals surface area contributed by atoms with Crippen LogP contribution >= 0.6 is 0 Å². The van der Waals surface area contributed by atoms with Gasteiger partial charge in [0.1, 0.15) is 0 Å². The van der Waals surface area contributed by atoms with E-state index in [1.807, 2.05) is 6.07 Å². The maximum absolute atomic E-state index is 11.0. The fourth-order valence-corrected chi connectivity index (χ4v) is 1.84. The van der Waals surface area contributed by atoms with Gasteiger partial charge in [-0.2, -0.15) is 0 Å². The highest BCUT2D eigenvalue weighted by atomic mass is 16.4. The smallest absolute Gasteiger partial charge is 0.408 e. The molecule has 86 valence electrons. The van der Waals surface area contributed by atoms with Gasteiger partial charge in [0.05, 0.1) is 16.9 Å². The third-order valence-corrected chi connectivity index (χ3v) is 2.67. The summed E-state index contributed by atoms with van der Waals surface area (Å²) >= 11 is 0. The second kappa shape index (κ2) is 3.92. The highest BCUT2D eigenvalue weighted by Gasteiger charge is 2.10. The number of nitrogens with two attached hydrogens (primary N) is 1. The third kappa shape index (κ3) is 1.64. The molecule has 0 bridgehead atoms. The van der Waals surface area contributed by atoms with Gasteiger partial charge >= 0.3 is 5.76 Å². The van der Waals surface area contributed by atoms with Gasteiger partial charge in [0.15, 0.2) is 5.58 Å². The molecule has 0 spiro atoms. The van der Waals surface area contributed by atoms with E-state index in [-0.39, 0.29) is 0 Å². The molecule has 1 aromatic carbocycles. The van der Waals surface area contributed by atoms with Gasteiger partial charge in [-0.25, -0.2) is 4.79 Å². The van der Waals surface area contributed by atoms with Crippen LogP contribution in [0.5, 0.6) is 0 Å². The van der Waals surface area contributed by atoms with Gasteiger partial charge in [0.25, 0.3) is 0 Å². The van der Waals surface area contributed by atoms with Crippen LogP contribution in [0.1, 0.15) is 13.8 Å². The van der Waals surface area contributed by atoms with E-state index in [2.05, 4.69) is 23.7 Å². The van der Waals surface area contributed by atoms with Crippen molar-refractivity contribution in [1.82, 2.24) is 4.98 Å². The largest absolute Gasteiger partial charge is 0.417 e. The summed E-state index contributed by atoms with van der Waals surface area (Å²) in [5.74, 6) is -0.453. The Balaban J connectivity index is 2.61. The molecule has 5 nitrogen and oxygen atoms in total. The maximum atomic E-state index is 11.0. The molecule has 3 N–H and O–H groups in total. The number of oxazole rings is 1. The highest BCUT2D eigenvalue weighted by molar-refractivity contribution is 5.85. The lowest BCUT2D eigenvalue weighted by Gasteiger charge is -2.22. The molecule has 0 aliphatic heterocycles. The molecule has 0 saturated carbocycles. The van der Waals surface area contributed by atoms with Crippen LogP contribution in [0.4, 0.5) is 11.4 Å². The Bertz CT molecular complexity index is 552. The highest BCUT2D eigenvalue weighted by Crippen LogP contribution is 2.27. The molecule has 0 aliphatic carbocycles. The van der Waals surface area contributed by atoms with E-state index in [1.54, 1.807) is 6.07 Å². The molecule has 0 radical (unpaired) electrons. The molecular formula is C11H15N3O2. The van der Waals surface area contributed by atoms with Crippen molar-refractivity contribution in [3.8, 4) is 0 Å². The first-order chi connectivity index (χ1) is 7.65. The summed E-state index contributed by atoms with van der Waals surface area (Å²) in [6, 6.07) is 3.53. The second-order valence-corrected chi connectivity index (χ2v) is 3.59. The zero-order chi connectivity index (χ0) is 11.7. The minimum atomic E-state index is -0.453. The van der Waals surface area contributed by atoms with Crippen LogP contribution < -0.4 is 16.4 Å². The van der Waals surface area contributed by atoms with Crippen LogP contribution in [0.2, 0.25) is 0 Å². The van der Waals surface area contributed by atoms with Gasteiger partial charge in [0.2, 0.25) is 0 Å². The summed E-state index contributed by atoms with van der Waals surface area (Å²) in [4.78, 5) is 15.8. The first kappa shape index (κ1) is 10.6. The molecule has 2 rings (SSSR count). The van der Waals surface area contributed by atoms with Gasteiger partial charge in [-0.3, -0.25) is 4.98 Å². The van der Waals surface area contributed by atoms with Crippen molar-refractivity contribution >= 4 is 22.5 Å². The number of rotatable bonds is 3.